The number of aromatic amines is 1. The first kappa shape index (κ1) is 14.9. The minimum atomic E-state index is -0.630. The first-order valence-corrected chi connectivity index (χ1v) is 6.66. The largest absolute Gasteiger partial charge is 0.282 e. The van der Waals surface area contributed by atoms with Gasteiger partial charge in [0, 0.05) is 17.9 Å². The van der Waals surface area contributed by atoms with Crippen molar-refractivity contribution >= 4 is 29.8 Å². The van der Waals surface area contributed by atoms with Crippen LogP contribution in [0.1, 0.15) is 11.3 Å². The van der Waals surface area contributed by atoms with Crippen LogP contribution in [0.5, 0.6) is 0 Å². The molecule has 0 aliphatic heterocycles. The van der Waals surface area contributed by atoms with Crippen LogP contribution in [0, 0.1) is 15.9 Å². The zero-order chi connectivity index (χ0) is 16.6. The molecular formula is C15H9BFN3O3. The number of nitro benzene ring substituents is 1. The van der Waals surface area contributed by atoms with Gasteiger partial charge in [0.2, 0.25) is 0 Å². The number of nitrogens with zero attached hydrogens (tertiary/aromatic N) is 2. The first-order valence-electron chi connectivity index (χ1n) is 6.66. The molecule has 23 heavy (non-hydrogen) atoms. The molecule has 0 aliphatic rings. The van der Waals surface area contributed by atoms with E-state index < -0.39 is 16.3 Å². The lowest BCUT2D eigenvalue weighted by molar-refractivity contribution is -0.383. The van der Waals surface area contributed by atoms with Crippen LogP contribution in [0.2, 0.25) is 0 Å². The molecule has 8 heteroatoms. The third kappa shape index (κ3) is 2.70. The number of nitrogens with one attached hydrogen (secondary N) is 1. The van der Waals surface area contributed by atoms with Crippen molar-refractivity contribution in [1.82, 2.24) is 10.2 Å². The summed E-state index contributed by atoms with van der Waals surface area (Å²) in [5, 5.41) is 17.7. The molecule has 0 amide bonds. The van der Waals surface area contributed by atoms with E-state index in [1.807, 2.05) is 0 Å². The molecule has 1 aromatic heterocycles. The highest BCUT2D eigenvalue weighted by molar-refractivity contribution is 6.32. The number of aromatic nitrogens is 2. The Morgan fingerprint density at radius 2 is 2.09 bits per heavy atom. The van der Waals surface area contributed by atoms with Crippen molar-refractivity contribution in [3.8, 4) is 0 Å². The van der Waals surface area contributed by atoms with Crippen molar-refractivity contribution in [2.75, 3.05) is 0 Å². The highest BCUT2D eigenvalue weighted by Gasteiger charge is 2.18. The Morgan fingerprint density at radius 1 is 1.30 bits per heavy atom. The van der Waals surface area contributed by atoms with E-state index in [0.29, 0.717) is 16.6 Å². The Labute approximate surface area is 130 Å². The normalized spacial score (nSPS) is 10.8. The lowest BCUT2D eigenvalue weighted by Crippen LogP contribution is -2.14. The lowest BCUT2D eigenvalue weighted by Gasteiger charge is -2.07. The summed E-state index contributed by atoms with van der Waals surface area (Å²) in [5.41, 5.74) is 0.202. The third-order valence-corrected chi connectivity index (χ3v) is 3.50. The molecule has 0 saturated heterocycles. The van der Waals surface area contributed by atoms with Crippen LogP contribution in [0.15, 0.2) is 41.2 Å². The maximum absolute atomic E-state index is 13.2. The van der Waals surface area contributed by atoms with Gasteiger partial charge < -0.3 is 0 Å². The molecule has 3 aromatic rings. The molecule has 0 spiro atoms. The molecule has 1 N–H and O–H groups in total. The number of hydrogen-bond acceptors (Lipinski definition) is 4. The summed E-state index contributed by atoms with van der Waals surface area (Å²) in [6.07, 6.45) is 0.249. The van der Waals surface area contributed by atoms with E-state index in [2.05, 4.69) is 10.2 Å². The molecule has 6 nitrogen and oxygen atoms in total. The number of H-pyrrole nitrogens is 1. The van der Waals surface area contributed by atoms with Gasteiger partial charge in [-0.3, -0.25) is 14.9 Å². The van der Waals surface area contributed by atoms with Crippen molar-refractivity contribution in [3.63, 3.8) is 0 Å². The van der Waals surface area contributed by atoms with Crippen LogP contribution in [0.4, 0.5) is 10.1 Å². The summed E-state index contributed by atoms with van der Waals surface area (Å²) in [4.78, 5) is 22.4. The van der Waals surface area contributed by atoms with Crippen molar-refractivity contribution in [2.24, 2.45) is 0 Å². The molecule has 0 unspecified atom stereocenters. The van der Waals surface area contributed by atoms with E-state index >= 15 is 0 Å². The molecule has 2 radical (unpaired) electrons. The van der Waals surface area contributed by atoms with E-state index in [9.17, 15) is 19.3 Å². The lowest BCUT2D eigenvalue weighted by atomic mass is 9.92. The van der Waals surface area contributed by atoms with Crippen molar-refractivity contribution in [2.45, 2.75) is 6.42 Å². The summed E-state index contributed by atoms with van der Waals surface area (Å²) in [7, 11) is 5.53. The van der Waals surface area contributed by atoms with Gasteiger partial charge in [-0.25, -0.2) is 9.49 Å². The van der Waals surface area contributed by atoms with Crippen LogP contribution in [0.3, 0.4) is 0 Å². The SMILES string of the molecule is [B]c1cc(Cc2n[nH]c(=O)c3c([N+](=O)[O-])cccc23)ccc1F. The fourth-order valence-electron chi connectivity index (χ4n) is 2.44. The highest BCUT2D eigenvalue weighted by Crippen LogP contribution is 2.24. The molecule has 0 fully saturated rings. The fourth-order valence-corrected chi connectivity index (χ4v) is 2.44. The van der Waals surface area contributed by atoms with E-state index in [4.69, 9.17) is 7.85 Å². The third-order valence-electron chi connectivity index (χ3n) is 3.50. The molecule has 0 atom stereocenters. The number of fused-ring (bicyclic) bond motifs is 1. The van der Waals surface area contributed by atoms with E-state index in [0.717, 1.165) is 0 Å². The Bertz CT molecular complexity index is 987. The van der Waals surface area contributed by atoms with Crippen molar-refractivity contribution < 1.29 is 9.31 Å². The zero-order valence-electron chi connectivity index (χ0n) is 11.7. The Balaban J connectivity index is 2.17. The number of rotatable bonds is 3. The molecule has 1 heterocycles. The highest BCUT2D eigenvalue weighted by atomic mass is 19.1. The minimum absolute atomic E-state index is 0.00205. The summed E-state index contributed by atoms with van der Waals surface area (Å²) in [6, 6.07) is 8.59. The smallest absolute Gasteiger partial charge is 0.267 e. The van der Waals surface area contributed by atoms with Crippen molar-refractivity contribution in [1.29, 1.82) is 0 Å². The first-order chi connectivity index (χ1) is 11.0. The molecule has 3 rings (SSSR count). The average Bonchev–Trinajstić information content (AvgIpc) is 2.53. The summed E-state index contributed by atoms with van der Waals surface area (Å²) in [6.45, 7) is 0. The number of halogens is 1. The minimum Gasteiger partial charge on any atom is -0.267 e. The number of hydrogen-bond donors (Lipinski definition) is 1. The van der Waals surface area contributed by atoms with Crippen LogP contribution in [-0.4, -0.2) is 23.0 Å². The van der Waals surface area contributed by atoms with Crippen LogP contribution >= 0.6 is 0 Å². The maximum atomic E-state index is 13.2. The predicted molar refractivity (Wildman–Crippen MR) is 83.6 cm³/mol. The van der Waals surface area contributed by atoms with Gasteiger partial charge in [0.25, 0.3) is 11.2 Å². The second-order valence-electron chi connectivity index (χ2n) is 4.99. The Hall–Kier alpha value is -3.03. The molecule has 0 saturated carbocycles. The molecule has 2 aromatic carbocycles. The Morgan fingerprint density at radius 3 is 2.78 bits per heavy atom. The van der Waals surface area contributed by atoms with Gasteiger partial charge in [-0.1, -0.05) is 29.7 Å². The van der Waals surface area contributed by atoms with E-state index in [1.165, 1.54) is 24.3 Å². The zero-order valence-corrected chi connectivity index (χ0v) is 11.7. The summed E-state index contributed by atoms with van der Waals surface area (Å²) >= 11 is 0. The predicted octanol–water partition coefficient (Wildman–Crippen LogP) is 1.36. The number of benzene rings is 2. The van der Waals surface area contributed by atoms with Crippen LogP contribution < -0.4 is 11.0 Å². The monoisotopic (exact) mass is 309 g/mol. The second kappa shape index (κ2) is 5.64. The van der Waals surface area contributed by atoms with Gasteiger partial charge >= 0.3 is 0 Å². The maximum Gasteiger partial charge on any atom is 0.282 e. The van der Waals surface area contributed by atoms with E-state index in [-0.39, 0.29) is 23.0 Å². The number of non-ortho nitro benzene ring substituents is 1. The van der Waals surface area contributed by atoms with Gasteiger partial charge in [-0.05, 0) is 11.6 Å². The summed E-state index contributed by atoms with van der Waals surface area (Å²) in [5.74, 6) is -0.524. The summed E-state index contributed by atoms with van der Waals surface area (Å²) < 4.78 is 13.2. The van der Waals surface area contributed by atoms with Gasteiger partial charge in [-0.2, -0.15) is 5.10 Å². The Kier molecular flexibility index (Phi) is 3.65. The molecular weight excluding hydrogens is 300 g/mol. The standard InChI is InChI=1S/C15H9BFN3O3/c16-10-6-8(4-5-11(10)17)7-12-9-2-1-3-13(20(22)23)14(9)15(21)19-18-12/h1-6H,7H2,(H,19,21). The topological polar surface area (TPSA) is 88.9 Å². The van der Waals surface area contributed by atoms with Crippen LogP contribution in [-0.2, 0) is 6.42 Å². The van der Waals surface area contributed by atoms with E-state index in [1.54, 1.807) is 12.1 Å². The molecule has 112 valence electrons. The number of nitro groups is 1. The van der Waals surface area contributed by atoms with Crippen LogP contribution in [0.25, 0.3) is 10.8 Å². The van der Waals surface area contributed by atoms with Gasteiger partial charge in [0.15, 0.2) is 0 Å². The quantitative estimate of drug-likeness (QED) is 0.449. The van der Waals surface area contributed by atoms with Crippen molar-refractivity contribution in [3.05, 3.63) is 73.9 Å². The van der Waals surface area contributed by atoms with Gasteiger partial charge in [-0.15, -0.1) is 0 Å². The second-order valence-corrected chi connectivity index (χ2v) is 4.99. The molecule has 0 aliphatic carbocycles. The van der Waals surface area contributed by atoms with Gasteiger partial charge in [0.05, 0.1) is 10.6 Å². The molecule has 0 bridgehead atoms. The fraction of sp³-hybridized carbons (Fsp3) is 0.0667. The van der Waals surface area contributed by atoms with Gasteiger partial charge in [0.1, 0.15) is 19.0 Å². The average molecular weight is 309 g/mol.